The van der Waals surface area contributed by atoms with E-state index in [0.29, 0.717) is 23.1 Å². The summed E-state index contributed by atoms with van der Waals surface area (Å²) in [7, 11) is 3.99. The van der Waals surface area contributed by atoms with Crippen LogP contribution in [0.25, 0.3) is 11.4 Å². The van der Waals surface area contributed by atoms with Gasteiger partial charge in [-0.05, 0) is 62.6 Å². The summed E-state index contributed by atoms with van der Waals surface area (Å²) in [6, 6.07) is 14.4. The van der Waals surface area contributed by atoms with Crippen LogP contribution in [0.4, 0.5) is 0 Å². The quantitative estimate of drug-likeness (QED) is 0.405. The lowest BCUT2D eigenvalue weighted by atomic mass is 10.3. The number of nitrogens with zero attached hydrogens (tertiary/aromatic N) is 5. The fraction of sp³-hybridized carbons (Fsp3) is 0.174. The van der Waals surface area contributed by atoms with Gasteiger partial charge in [0.1, 0.15) is 18.1 Å². The number of imidazole rings is 1. The van der Waals surface area contributed by atoms with Gasteiger partial charge in [-0.2, -0.15) is 0 Å². The summed E-state index contributed by atoms with van der Waals surface area (Å²) in [5.41, 5.74) is 1.13. The van der Waals surface area contributed by atoms with Crippen molar-refractivity contribution in [1.29, 1.82) is 0 Å². The van der Waals surface area contributed by atoms with Crippen LogP contribution in [0.3, 0.4) is 0 Å². The molecule has 8 nitrogen and oxygen atoms in total. The van der Waals surface area contributed by atoms with Gasteiger partial charge in [-0.3, -0.25) is 9.13 Å². The van der Waals surface area contributed by atoms with Crippen molar-refractivity contribution in [2.24, 2.45) is 0 Å². The van der Waals surface area contributed by atoms with Crippen molar-refractivity contribution >= 4 is 11.6 Å². The molecule has 0 saturated carbocycles. The average Bonchev–Trinajstić information content (AvgIpc) is 3.17. The van der Waals surface area contributed by atoms with Crippen LogP contribution < -0.4 is 15.2 Å². The van der Waals surface area contributed by atoms with Crippen LogP contribution in [-0.2, 0) is 0 Å². The van der Waals surface area contributed by atoms with E-state index in [0.717, 1.165) is 18.0 Å². The zero-order valence-corrected chi connectivity index (χ0v) is 18.4. The summed E-state index contributed by atoms with van der Waals surface area (Å²) in [5.74, 6) is 1.16. The van der Waals surface area contributed by atoms with E-state index < -0.39 is 0 Å². The number of rotatable bonds is 8. The second-order valence-corrected chi connectivity index (χ2v) is 7.62. The second kappa shape index (κ2) is 9.67. The number of hydrogen-bond acceptors (Lipinski definition) is 6. The Kier molecular flexibility index (Phi) is 6.53. The smallest absolute Gasteiger partial charge is 0.337 e. The first kappa shape index (κ1) is 21.6. The second-order valence-electron chi connectivity index (χ2n) is 7.21. The molecule has 0 saturated heterocycles. The highest BCUT2D eigenvalue weighted by molar-refractivity contribution is 6.32. The molecule has 0 atom stereocenters. The molecular formula is C23H22ClN5O3. The Morgan fingerprint density at radius 1 is 0.969 bits per heavy atom. The lowest BCUT2D eigenvalue weighted by Crippen LogP contribution is -2.21. The Labute approximate surface area is 190 Å². The van der Waals surface area contributed by atoms with Crippen LogP contribution >= 0.6 is 11.6 Å². The van der Waals surface area contributed by atoms with Gasteiger partial charge in [0.05, 0.1) is 16.4 Å². The molecule has 32 heavy (non-hydrogen) atoms. The normalized spacial score (nSPS) is 11.0. The zero-order chi connectivity index (χ0) is 22.5. The molecule has 4 aromatic rings. The summed E-state index contributed by atoms with van der Waals surface area (Å²) in [6.07, 6.45) is 6.56. The van der Waals surface area contributed by atoms with Gasteiger partial charge in [0.15, 0.2) is 0 Å². The van der Waals surface area contributed by atoms with E-state index >= 15 is 0 Å². The Bertz CT molecular complexity index is 1240. The molecule has 164 valence electrons. The van der Waals surface area contributed by atoms with Crippen LogP contribution in [0.15, 0.2) is 78.1 Å². The molecule has 2 aromatic heterocycles. The highest BCUT2D eigenvalue weighted by atomic mass is 35.5. The largest absolute Gasteiger partial charge is 0.492 e. The Morgan fingerprint density at radius 3 is 2.28 bits per heavy atom. The first-order chi connectivity index (χ1) is 15.5. The molecule has 9 heteroatoms. The summed E-state index contributed by atoms with van der Waals surface area (Å²) in [5, 5.41) is 0.342. The highest BCUT2D eigenvalue weighted by Crippen LogP contribution is 2.29. The molecule has 0 bridgehead atoms. The molecule has 0 amide bonds. The van der Waals surface area contributed by atoms with Crippen LogP contribution in [0.2, 0.25) is 5.02 Å². The van der Waals surface area contributed by atoms with Crippen molar-refractivity contribution in [3.05, 3.63) is 88.8 Å². The molecule has 2 heterocycles. The summed E-state index contributed by atoms with van der Waals surface area (Å²) < 4.78 is 14.4. The van der Waals surface area contributed by atoms with Crippen molar-refractivity contribution in [2.75, 3.05) is 27.2 Å². The predicted molar refractivity (Wildman–Crippen MR) is 123 cm³/mol. The summed E-state index contributed by atoms with van der Waals surface area (Å²) in [6.45, 7) is 1.42. The highest BCUT2D eigenvalue weighted by Gasteiger charge is 2.11. The molecule has 0 unspecified atom stereocenters. The Balaban J connectivity index is 1.51. The number of ether oxygens (including phenoxy) is 2. The molecule has 2 aromatic carbocycles. The van der Waals surface area contributed by atoms with Crippen molar-refractivity contribution < 1.29 is 9.47 Å². The predicted octanol–water partition coefficient (Wildman–Crippen LogP) is 3.80. The number of aromatic nitrogens is 4. The Hall–Kier alpha value is -3.62. The van der Waals surface area contributed by atoms with Crippen LogP contribution in [-0.4, -0.2) is 51.2 Å². The minimum atomic E-state index is -0.220. The van der Waals surface area contributed by atoms with Gasteiger partial charge in [0.2, 0.25) is 0 Å². The van der Waals surface area contributed by atoms with E-state index in [4.69, 9.17) is 21.1 Å². The van der Waals surface area contributed by atoms with E-state index in [9.17, 15) is 4.79 Å². The third kappa shape index (κ3) is 4.99. The van der Waals surface area contributed by atoms with Crippen LogP contribution in [0.1, 0.15) is 0 Å². The van der Waals surface area contributed by atoms with Gasteiger partial charge < -0.3 is 14.4 Å². The maximum Gasteiger partial charge on any atom is 0.337 e. The van der Waals surface area contributed by atoms with Gasteiger partial charge in [0, 0.05) is 31.3 Å². The number of halogens is 1. The molecule has 0 aliphatic heterocycles. The molecule has 0 fully saturated rings. The van der Waals surface area contributed by atoms with E-state index in [-0.39, 0.29) is 11.7 Å². The lowest BCUT2D eigenvalue weighted by Gasteiger charge is -2.11. The third-order valence-electron chi connectivity index (χ3n) is 4.64. The number of likely N-dealkylation sites (N-methyl/N-ethyl adjacent to an activating group) is 1. The fourth-order valence-corrected chi connectivity index (χ4v) is 3.19. The maximum atomic E-state index is 13.0. The van der Waals surface area contributed by atoms with Gasteiger partial charge in [-0.25, -0.2) is 14.8 Å². The van der Waals surface area contributed by atoms with Gasteiger partial charge in [0.25, 0.3) is 0 Å². The molecule has 0 radical (unpaired) electrons. The van der Waals surface area contributed by atoms with Crippen LogP contribution in [0, 0.1) is 0 Å². The lowest BCUT2D eigenvalue weighted by molar-refractivity contribution is 0.261. The zero-order valence-electron chi connectivity index (χ0n) is 17.7. The van der Waals surface area contributed by atoms with Gasteiger partial charge in [-0.1, -0.05) is 11.6 Å². The molecule has 4 rings (SSSR count). The summed E-state index contributed by atoms with van der Waals surface area (Å²) >= 11 is 6.36. The number of hydrogen-bond donors (Lipinski definition) is 0. The van der Waals surface area contributed by atoms with E-state index in [2.05, 4.69) is 14.9 Å². The summed E-state index contributed by atoms with van der Waals surface area (Å²) in [4.78, 5) is 23.1. The van der Waals surface area contributed by atoms with Crippen molar-refractivity contribution in [3.8, 4) is 28.9 Å². The average molecular weight is 452 g/mol. The molecule has 0 spiro atoms. The minimum absolute atomic E-state index is 0.194. The van der Waals surface area contributed by atoms with Crippen LogP contribution in [0.5, 0.6) is 17.5 Å². The van der Waals surface area contributed by atoms with Crippen molar-refractivity contribution in [2.45, 2.75) is 0 Å². The third-order valence-corrected chi connectivity index (χ3v) is 4.93. The van der Waals surface area contributed by atoms with E-state index in [1.807, 2.05) is 38.4 Å². The minimum Gasteiger partial charge on any atom is -0.492 e. The Morgan fingerprint density at radius 2 is 1.62 bits per heavy atom. The van der Waals surface area contributed by atoms with E-state index in [1.165, 1.54) is 4.57 Å². The van der Waals surface area contributed by atoms with Crippen molar-refractivity contribution in [1.82, 2.24) is 24.0 Å². The van der Waals surface area contributed by atoms with E-state index in [1.54, 1.807) is 53.6 Å². The molecule has 0 aliphatic rings. The fourth-order valence-electron chi connectivity index (χ4n) is 2.98. The maximum absolute atomic E-state index is 13.0. The standard InChI is InChI=1S/C23H22ClN5O3/c1-27(2)14-15-31-19-7-4-17(5-8-19)28-12-13-29(23(28)30)18-6-9-21(20(24)16-18)32-22-25-10-3-11-26-22/h3-13,16H,14-15H2,1-2H3. The topological polar surface area (TPSA) is 74.4 Å². The van der Waals surface area contributed by atoms with Gasteiger partial charge >= 0.3 is 11.7 Å². The van der Waals surface area contributed by atoms with Gasteiger partial charge in [-0.15, -0.1) is 0 Å². The molecule has 0 aliphatic carbocycles. The monoisotopic (exact) mass is 451 g/mol. The first-order valence-corrected chi connectivity index (χ1v) is 10.3. The molecular weight excluding hydrogens is 430 g/mol. The molecule has 0 N–H and O–H groups in total. The first-order valence-electron chi connectivity index (χ1n) is 9.94. The van der Waals surface area contributed by atoms with Crippen molar-refractivity contribution in [3.63, 3.8) is 0 Å². The number of benzene rings is 2. The SMILES string of the molecule is CN(C)CCOc1ccc(-n2ccn(-c3ccc(Oc4ncccn4)c(Cl)c3)c2=O)cc1.